The van der Waals surface area contributed by atoms with E-state index in [0.29, 0.717) is 19.5 Å². The van der Waals surface area contributed by atoms with E-state index >= 15 is 0 Å². The van der Waals surface area contributed by atoms with E-state index in [1.165, 1.54) is 25.1 Å². The lowest BCUT2D eigenvalue weighted by atomic mass is 9.84. The first-order valence-electron chi connectivity index (χ1n) is 6.66. The van der Waals surface area contributed by atoms with Crippen LogP contribution >= 0.6 is 11.8 Å². The van der Waals surface area contributed by atoms with Gasteiger partial charge in [0.2, 0.25) is 5.91 Å². The number of carbonyl (C=O) groups excluding carboxylic acids is 2. The van der Waals surface area contributed by atoms with Gasteiger partial charge >= 0.3 is 0 Å². The Hall–Kier alpha value is -0.550. The summed E-state index contributed by atoms with van der Waals surface area (Å²) in [7, 11) is 0. The monoisotopic (exact) mass is 271 g/mol. The van der Waals surface area contributed by atoms with Gasteiger partial charge in [0.05, 0.1) is 5.60 Å². The predicted molar refractivity (Wildman–Crippen MR) is 71.3 cm³/mol. The van der Waals surface area contributed by atoms with Crippen LogP contribution in [0.2, 0.25) is 0 Å². The number of nitrogens with zero attached hydrogens (tertiary/aromatic N) is 1. The van der Waals surface area contributed by atoms with Crippen molar-refractivity contribution in [1.82, 2.24) is 4.90 Å². The maximum Gasteiger partial charge on any atom is 0.223 e. The molecule has 0 aromatic carbocycles. The summed E-state index contributed by atoms with van der Waals surface area (Å²) in [4.78, 5) is 24.7. The Bertz CT molecular complexity index is 339. The highest BCUT2D eigenvalue weighted by Gasteiger charge is 2.37. The van der Waals surface area contributed by atoms with Crippen LogP contribution < -0.4 is 0 Å². The van der Waals surface area contributed by atoms with E-state index in [2.05, 4.69) is 0 Å². The molecule has 102 valence electrons. The molecule has 1 aliphatic carbocycles. The first-order chi connectivity index (χ1) is 8.48. The number of likely N-dealkylation sites (tertiary alicyclic amines) is 1. The topological polar surface area (TPSA) is 57.6 Å². The number of β-amino-alcohol motifs (C(OH)–C–C–N with tert-alkyl or cyclic N) is 1. The van der Waals surface area contributed by atoms with Gasteiger partial charge in [-0.15, -0.1) is 0 Å². The van der Waals surface area contributed by atoms with Gasteiger partial charge in [0.1, 0.15) is 0 Å². The van der Waals surface area contributed by atoms with Crippen molar-refractivity contribution in [3.05, 3.63) is 0 Å². The van der Waals surface area contributed by atoms with Gasteiger partial charge in [-0.25, -0.2) is 0 Å². The summed E-state index contributed by atoms with van der Waals surface area (Å²) in [6.07, 6.45) is 5.29. The molecule has 2 rings (SSSR count). The van der Waals surface area contributed by atoms with Crippen LogP contribution in [0.4, 0.5) is 0 Å². The molecule has 0 radical (unpaired) electrons. The molecule has 1 unspecified atom stereocenters. The molecule has 1 amide bonds. The molecule has 1 atom stereocenters. The lowest BCUT2D eigenvalue weighted by molar-refractivity contribution is -0.131. The number of thioether (sulfide) groups is 1. The average Bonchev–Trinajstić information content (AvgIpc) is 2.58. The summed E-state index contributed by atoms with van der Waals surface area (Å²) >= 11 is 1.25. The van der Waals surface area contributed by atoms with Crippen LogP contribution in [0.5, 0.6) is 0 Å². The molecule has 18 heavy (non-hydrogen) atoms. The number of aliphatic hydroxyl groups is 1. The molecule has 0 aromatic heterocycles. The van der Waals surface area contributed by atoms with Crippen molar-refractivity contribution < 1.29 is 14.7 Å². The lowest BCUT2D eigenvalue weighted by Gasteiger charge is -2.35. The maximum atomic E-state index is 11.9. The van der Waals surface area contributed by atoms with Crippen LogP contribution in [0.25, 0.3) is 0 Å². The molecule has 1 heterocycles. The van der Waals surface area contributed by atoms with E-state index in [1.807, 2.05) is 0 Å². The average molecular weight is 271 g/mol. The van der Waals surface area contributed by atoms with Crippen molar-refractivity contribution in [3.63, 3.8) is 0 Å². The zero-order valence-corrected chi connectivity index (χ0v) is 11.7. The molecule has 2 aliphatic rings. The van der Waals surface area contributed by atoms with E-state index in [4.69, 9.17) is 0 Å². The van der Waals surface area contributed by atoms with Gasteiger partial charge in [-0.05, 0) is 12.8 Å². The second kappa shape index (κ2) is 5.61. The largest absolute Gasteiger partial charge is 0.388 e. The van der Waals surface area contributed by atoms with Gasteiger partial charge in [0, 0.05) is 31.7 Å². The quantitative estimate of drug-likeness (QED) is 0.846. The summed E-state index contributed by atoms with van der Waals surface area (Å²) in [5, 5.41) is 10.6. The van der Waals surface area contributed by atoms with Crippen molar-refractivity contribution in [2.24, 2.45) is 0 Å². The molecule has 2 fully saturated rings. The standard InChI is InChI=1S/C13H21NO3S/c1-10(15)18-11-7-12(16)14(8-11)9-13(17)5-3-2-4-6-13/h11,17H,2-9H2,1H3. The molecule has 0 spiro atoms. The van der Waals surface area contributed by atoms with Crippen LogP contribution in [-0.4, -0.2) is 45.0 Å². The SMILES string of the molecule is CC(=O)SC1CC(=O)N(CC2(O)CCCCC2)C1. The second-order valence-electron chi connectivity index (χ2n) is 5.49. The second-order valence-corrected chi connectivity index (χ2v) is 6.97. The number of hydrogen-bond acceptors (Lipinski definition) is 4. The van der Waals surface area contributed by atoms with Gasteiger partial charge in [-0.1, -0.05) is 31.0 Å². The summed E-state index contributed by atoms with van der Waals surface area (Å²) in [5.41, 5.74) is -0.691. The third kappa shape index (κ3) is 3.48. The van der Waals surface area contributed by atoms with Gasteiger partial charge < -0.3 is 10.0 Å². The van der Waals surface area contributed by atoms with Gasteiger partial charge in [-0.2, -0.15) is 0 Å². The summed E-state index contributed by atoms with van der Waals surface area (Å²) in [6.45, 7) is 2.58. The molecule has 0 bridgehead atoms. The number of carbonyl (C=O) groups is 2. The van der Waals surface area contributed by atoms with Gasteiger partial charge in [-0.3, -0.25) is 9.59 Å². The van der Waals surface area contributed by atoms with Crippen LogP contribution in [-0.2, 0) is 9.59 Å². The smallest absolute Gasteiger partial charge is 0.223 e. The number of hydrogen-bond donors (Lipinski definition) is 1. The number of amides is 1. The normalized spacial score (nSPS) is 27.6. The Kier molecular flexibility index (Phi) is 4.33. The van der Waals surface area contributed by atoms with Crippen molar-refractivity contribution in [2.45, 2.75) is 56.3 Å². The first kappa shape index (κ1) is 13.9. The molecule has 4 nitrogen and oxygen atoms in total. The van der Waals surface area contributed by atoms with E-state index in [1.54, 1.807) is 4.90 Å². The fraction of sp³-hybridized carbons (Fsp3) is 0.846. The number of rotatable bonds is 3. The third-order valence-corrected chi connectivity index (χ3v) is 4.76. The fourth-order valence-electron chi connectivity index (χ4n) is 2.93. The molecule has 1 aliphatic heterocycles. The van der Waals surface area contributed by atoms with E-state index in [9.17, 15) is 14.7 Å². The minimum atomic E-state index is -0.691. The maximum absolute atomic E-state index is 11.9. The summed E-state index contributed by atoms with van der Waals surface area (Å²) in [5.74, 6) is 0.0766. The fourth-order valence-corrected chi connectivity index (χ4v) is 3.88. The highest BCUT2D eigenvalue weighted by atomic mass is 32.2. The molecule has 0 aromatic rings. The summed E-state index contributed by atoms with van der Waals surface area (Å²) < 4.78 is 0. The van der Waals surface area contributed by atoms with Crippen molar-refractivity contribution in [3.8, 4) is 0 Å². The van der Waals surface area contributed by atoms with Crippen LogP contribution in [0.3, 0.4) is 0 Å². The van der Waals surface area contributed by atoms with Gasteiger partial charge in [0.25, 0.3) is 0 Å². The summed E-state index contributed by atoms with van der Waals surface area (Å²) in [6, 6.07) is 0. The van der Waals surface area contributed by atoms with Crippen molar-refractivity contribution in [1.29, 1.82) is 0 Å². The molecule has 1 saturated carbocycles. The minimum Gasteiger partial charge on any atom is -0.388 e. The molecular weight excluding hydrogens is 250 g/mol. The van der Waals surface area contributed by atoms with E-state index in [0.717, 1.165) is 25.7 Å². The molecule has 5 heteroatoms. The molecule has 1 saturated heterocycles. The zero-order valence-electron chi connectivity index (χ0n) is 10.9. The molecular formula is C13H21NO3S. The van der Waals surface area contributed by atoms with E-state index in [-0.39, 0.29) is 16.3 Å². The highest BCUT2D eigenvalue weighted by molar-refractivity contribution is 8.14. The highest BCUT2D eigenvalue weighted by Crippen LogP contribution is 2.31. The van der Waals surface area contributed by atoms with Crippen molar-refractivity contribution >= 4 is 22.8 Å². The van der Waals surface area contributed by atoms with Crippen LogP contribution in [0.1, 0.15) is 45.4 Å². The third-order valence-electron chi connectivity index (χ3n) is 3.78. The Morgan fingerprint density at radius 1 is 1.44 bits per heavy atom. The molecule has 1 N–H and O–H groups in total. The van der Waals surface area contributed by atoms with Crippen LogP contribution in [0.15, 0.2) is 0 Å². The lowest BCUT2D eigenvalue weighted by Crippen LogP contribution is -2.45. The predicted octanol–water partition coefficient (Wildman–Crippen LogP) is 1.56. The Morgan fingerprint density at radius 3 is 2.72 bits per heavy atom. The Morgan fingerprint density at radius 2 is 2.11 bits per heavy atom. The van der Waals surface area contributed by atoms with E-state index < -0.39 is 5.60 Å². The van der Waals surface area contributed by atoms with Crippen LogP contribution in [0, 0.1) is 0 Å². The Balaban J connectivity index is 1.89. The van der Waals surface area contributed by atoms with Crippen molar-refractivity contribution in [2.75, 3.05) is 13.1 Å². The van der Waals surface area contributed by atoms with Gasteiger partial charge in [0.15, 0.2) is 5.12 Å². The Labute approximate surface area is 112 Å². The zero-order chi connectivity index (χ0) is 13.2. The first-order valence-corrected chi connectivity index (χ1v) is 7.54. The minimum absolute atomic E-state index is 0.0611.